The van der Waals surface area contributed by atoms with Crippen LogP contribution in [0.5, 0.6) is 0 Å². The van der Waals surface area contributed by atoms with E-state index >= 15 is 0 Å². The van der Waals surface area contributed by atoms with Crippen molar-refractivity contribution < 1.29 is 13.2 Å². The number of hydrogen-bond acceptors (Lipinski definition) is 4. The summed E-state index contributed by atoms with van der Waals surface area (Å²) >= 11 is 6.22. The fourth-order valence-electron chi connectivity index (χ4n) is 4.01. The van der Waals surface area contributed by atoms with E-state index < -0.39 is 15.9 Å². The van der Waals surface area contributed by atoms with Crippen molar-refractivity contribution in [3.05, 3.63) is 82.4 Å². The van der Waals surface area contributed by atoms with Crippen LogP contribution in [-0.2, 0) is 10.0 Å². The van der Waals surface area contributed by atoms with Crippen LogP contribution in [0.15, 0.2) is 65.6 Å². The normalized spacial score (nSPS) is 14.0. The summed E-state index contributed by atoms with van der Waals surface area (Å²) in [6.07, 6.45) is 3.65. The molecule has 3 aromatic carbocycles. The van der Waals surface area contributed by atoms with Gasteiger partial charge < -0.3 is 10.2 Å². The molecule has 0 bridgehead atoms. The van der Waals surface area contributed by atoms with Gasteiger partial charge in [0, 0.05) is 30.0 Å². The number of carbonyl (C=O) groups is 1. The van der Waals surface area contributed by atoms with Gasteiger partial charge in [0.2, 0.25) is 0 Å². The quantitative estimate of drug-likeness (QED) is 0.437. The van der Waals surface area contributed by atoms with Crippen LogP contribution >= 0.6 is 11.6 Å². The second-order valence-electron chi connectivity index (χ2n) is 8.62. The van der Waals surface area contributed by atoms with E-state index in [1.807, 2.05) is 50.2 Å². The van der Waals surface area contributed by atoms with Crippen molar-refractivity contribution in [3.8, 4) is 0 Å². The largest absolute Gasteiger partial charge is 0.372 e. The minimum atomic E-state index is -4.00. The van der Waals surface area contributed by atoms with Gasteiger partial charge in [0.05, 0.1) is 10.7 Å². The Morgan fingerprint density at radius 2 is 1.62 bits per heavy atom. The highest BCUT2D eigenvalue weighted by Crippen LogP contribution is 2.28. The molecule has 1 aliphatic heterocycles. The molecule has 0 radical (unpaired) electrons. The van der Waals surface area contributed by atoms with E-state index in [0.717, 1.165) is 29.9 Å². The van der Waals surface area contributed by atoms with Crippen LogP contribution in [-0.4, -0.2) is 27.4 Å². The third-order valence-electron chi connectivity index (χ3n) is 5.97. The number of amides is 1. The smallest absolute Gasteiger partial charge is 0.263 e. The number of rotatable bonds is 6. The van der Waals surface area contributed by atoms with Crippen LogP contribution in [0.3, 0.4) is 0 Å². The third kappa shape index (κ3) is 5.54. The molecule has 0 atom stereocenters. The van der Waals surface area contributed by atoms with Crippen molar-refractivity contribution in [1.82, 2.24) is 0 Å². The number of anilines is 3. The van der Waals surface area contributed by atoms with E-state index in [1.54, 1.807) is 6.07 Å². The summed E-state index contributed by atoms with van der Waals surface area (Å²) in [6, 6.07) is 17.4. The Morgan fingerprint density at radius 3 is 2.32 bits per heavy atom. The van der Waals surface area contributed by atoms with Crippen molar-refractivity contribution in [2.45, 2.75) is 38.0 Å². The first-order valence-corrected chi connectivity index (χ1v) is 13.1. The zero-order valence-corrected chi connectivity index (χ0v) is 20.8. The van der Waals surface area contributed by atoms with E-state index in [2.05, 4.69) is 14.9 Å². The van der Waals surface area contributed by atoms with Crippen LogP contribution in [0.1, 0.15) is 40.7 Å². The van der Waals surface area contributed by atoms with E-state index in [-0.39, 0.29) is 15.5 Å². The molecule has 1 heterocycles. The fraction of sp³-hybridized carbons (Fsp3) is 0.269. The van der Waals surface area contributed by atoms with Gasteiger partial charge in [0.15, 0.2) is 0 Å². The summed E-state index contributed by atoms with van der Waals surface area (Å²) in [6.45, 7) is 5.79. The van der Waals surface area contributed by atoms with E-state index in [0.29, 0.717) is 11.4 Å². The number of nitrogens with zero attached hydrogens (tertiary/aromatic N) is 1. The maximum atomic E-state index is 13.1. The van der Waals surface area contributed by atoms with Crippen LogP contribution in [0.2, 0.25) is 5.02 Å². The molecular weight excluding hydrogens is 470 g/mol. The van der Waals surface area contributed by atoms with E-state index in [1.165, 1.54) is 37.5 Å². The second-order valence-corrected chi connectivity index (χ2v) is 10.7. The van der Waals surface area contributed by atoms with Crippen LogP contribution in [0, 0.1) is 13.8 Å². The Hall–Kier alpha value is -3.03. The lowest BCUT2D eigenvalue weighted by Crippen LogP contribution is -2.29. The van der Waals surface area contributed by atoms with E-state index in [9.17, 15) is 13.2 Å². The second kappa shape index (κ2) is 10.1. The van der Waals surface area contributed by atoms with Gasteiger partial charge in [-0.2, -0.15) is 0 Å². The molecule has 0 aromatic heterocycles. The number of nitrogens with one attached hydrogen (secondary N) is 2. The summed E-state index contributed by atoms with van der Waals surface area (Å²) in [5.41, 5.74) is 4.15. The highest BCUT2D eigenvalue weighted by Gasteiger charge is 2.21. The number of halogens is 1. The maximum absolute atomic E-state index is 13.1. The van der Waals surface area contributed by atoms with Gasteiger partial charge in [0.1, 0.15) is 4.90 Å². The highest BCUT2D eigenvalue weighted by atomic mass is 35.5. The molecule has 178 valence electrons. The molecule has 0 saturated carbocycles. The lowest BCUT2D eigenvalue weighted by atomic mass is 10.1. The topological polar surface area (TPSA) is 78.5 Å². The van der Waals surface area contributed by atoms with Crippen molar-refractivity contribution in [1.29, 1.82) is 0 Å². The van der Waals surface area contributed by atoms with Crippen molar-refractivity contribution in [2.75, 3.05) is 28.0 Å². The molecule has 0 aliphatic carbocycles. The minimum absolute atomic E-state index is 0.0419. The predicted molar refractivity (Wildman–Crippen MR) is 139 cm³/mol. The maximum Gasteiger partial charge on any atom is 0.263 e. The molecule has 34 heavy (non-hydrogen) atoms. The average Bonchev–Trinajstić information content (AvgIpc) is 2.82. The number of sulfonamides is 1. The Morgan fingerprint density at radius 1 is 0.912 bits per heavy atom. The molecule has 4 rings (SSSR count). The van der Waals surface area contributed by atoms with E-state index in [4.69, 9.17) is 11.6 Å². The molecule has 6 nitrogen and oxygen atoms in total. The zero-order chi connectivity index (χ0) is 24.3. The third-order valence-corrected chi connectivity index (χ3v) is 7.81. The summed E-state index contributed by atoms with van der Waals surface area (Å²) in [5.74, 6) is -0.412. The van der Waals surface area contributed by atoms with Gasteiger partial charge in [-0.05, 0) is 92.8 Å². The van der Waals surface area contributed by atoms with Gasteiger partial charge in [0.25, 0.3) is 15.9 Å². The number of piperidine rings is 1. The van der Waals surface area contributed by atoms with Crippen LogP contribution in [0.4, 0.5) is 17.1 Å². The predicted octanol–water partition coefficient (Wildman–Crippen LogP) is 6.00. The first kappa shape index (κ1) is 24.1. The van der Waals surface area contributed by atoms with Gasteiger partial charge >= 0.3 is 0 Å². The Balaban J connectivity index is 1.52. The SMILES string of the molecule is Cc1ccc(C)c(NS(=O)(=O)c2cc(C(=O)Nc3ccc(N4CCCCC4)cc3)ccc2Cl)c1. The first-order valence-electron chi connectivity index (χ1n) is 11.3. The standard InChI is InChI=1S/C26H28ClN3O3S/c1-18-6-7-19(2)24(16-18)29-34(32,33)25-17-20(8-13-23(25)27)26(31)28-21-9-11-22(12-10-21)30-14-4-3-5-15-30/h6-13,16-17,29H,3-5,14-15H2,1-2H3,(H,28,31). The summed E-state index contributed by atoms with van der Waals surface area (Å²) < 4.78 is 28.7. The van der Waals surface area contributed by atoms with Crippen molar-refractivity contribution in [3.63, 3.8) is 0 Å². The molecule has 1 amide bonds. The summed E-state index contributed by atoms with van der Waals surface area (Å²) in [4.78, 5) is 15.1. The van der Waals surface area contributed by atoms with Gasteiger partial charge in [-0.1, -0.05) is 23.7 Å². The Labute approximate surface area is 206 Å². The van der Waals surface area contributed by atoms with Crippen LogP contribution < -0.4 is 14.9 Å². The Kier molecular flexibility index (Phi) is 7.14. The average molecular weight is 498 g/mol. The minimum Gasteiger partial charge on any atom is -0.372 e. The number of aryl methyl sites for hydroxylation is 2. The van der Waals surface area contributed by atoms with Gasteiger partial charge in [-0.15, -0.1) is 0 Å². The number of benzene rings is 3. The number of carbonyl (C=O) groups excluding carboxylic acids is 1. The fourth-order valence-corrected chi connectivity index (χ4v) is 5.66. The number of hydrogen-bond donors (Lipinski definition) is 2. The summed E-state index contributed by atoms with van der Waals surface area (Å²) in [7, 11) is -4.00. The molecular formula is C26H28ClN3O3S. The van der Waals surface area contributed by atoms with Crippen molar-refractivity contribution >= 4 is 44.6 Å². The molecule has 0 unspecified atom stereocenters. The molecule has 1 saturated heterocycles. The summed E-state index contributed by atoms with van der Waals surface area (Å²) in [5, 5.41) is 2.88. The molecule has 2 N–H and O–H groups in total. The lowest BCUT2D eigenvalue weighted by Gasteiger charge is -2.28. The zero-order valence-electron chi connectivity index (χ0n) is 19.3. The molecule has 8 heteroatoms. The molecule has 0 spiro atoms. The van der Waals surface area contributed by atoms with Gasteiger partial charge in [-0.25, -0.2) is 8.42 Å². The van der Waals surface area contributed by atoms with Gasteiger partial charge in [-0.3, -0.25) is 9.52 Å². The first-order chi connectivity index (χ1) is 16.2. The lowest BCUT2D eigenvalue weighted by molar-refractivity contribution is 0.102. The van der Waals surface area contributed by atoms with Crippen LogP contribution in [0.25, 0.3) is 0 Å². The molecule has 1 aliphatic rings. The Bertz CT molecular complexity index is 1300. The monoisotopic (exact) mass is 497 g/mol. The molecule has 3 aromatic rings. The molecule has 1 fully saturated rings. The van der Waals surface area contributed by atoms with Crippen molar-refractivity contribution in [2.24, 2.45) is 0 Å². The highest BCUT2D eigenvalue weighted by molar-refractivity contribution is 7.92.